The summed E-state index contributed by atoms with van der Waals surface area (Å²) in [5.41, 5.74) is 4.76. The maximum absolute atomic E-state index is 13.3. The van der Waals surface area contributed by atoms with Crippen LogP contribution in [0.25, 0.3) is 11.1 Å². The van der Waals surface area contributed by atoms with Gasteiger partial charge in [0.2, 0.25) is 0 Å². The summed E-state index contributed by atoms with van der Waals surface area (Å²) in [7, 11) is 4.02. The minimum Gasteiger partial charge on any atom is -0.378 e. The first-order chi connectivity index (χ1) is 15.4. The number of carbonyl (C=O) groups excluding carboxylic acids is 1. The number of nitrogens with zero attached hydrogens (tertiary/aromatic N) is 3. The second-order valence-corrected chi connectivity index (χ2v) is 9.04. The Bertz CT molecular complexity index is 1220. The van der Waals surface area contributed by atoms with Crippen molar-refractivity contribution in [1.29, 1.82) is 0 Å². The minimum absolute atomic E-state index is 0.0154. The first-order valence-electron chi connectivity index (χ1n) is 11.0. The van der Waals surface area contributed by atoms with Gasteiger partial charge in [0.05, 0.1) is 0 Å². The van der Waals surface area contributed by atoms with Crippen LogP contribution in [0.15, 0.2) is 65.5 Å². The van der Waals surface area contributed by atoms with E-state index in [1.807, 2.05) is 29.6 Å². The highest BCUT2D eigenvalue weighted by Crippen LogP contribution is 2.40. The molecule has 2 aliphatic rings. The molecule has 164 valence electrons. The van der Waals surface area contributed by atoms with Crippen molar-refractivity contribution >= 4 is 11.6 Å². The number of amides is 1. The van der Waals surface area contributed by atoms with Crippen molar-refractivity contribution in [3.63, 3.8) is 0 Å². The molecule has 6 heteroatoms. The molecule has 0 radical (unpaired) electrons. The molecule has 0 aliphatic carbocycles. The van der Waals surface area contributed by atoms with Gasteiger partial charge in [-0.15, -0.1) is 0 Å². The van der Waals surface area contributed by atoms with Gasteiger partial charge in [-0.3, -0.25) is 9.59 Å². The maximum atomic E-state index is 13.3. The number of fused-ring (bicyclic) bond motifs is 4. The summed E-state index contributed by atoms with van der Waals surface area (Å²) in [4.78, 5) is 29.8. The number of hydrogen-bond donors (Lipinski definition) is 0. The lowest BCUT2D eigenvalue weighted by Gasteiger charge is -2.43. The van der Waals surface area contributed by atoms with Gasteiger partial charge in [0.15, 0.2) is 0 Å². The van der Waals surface area contributed by atoms with E-state index in [0.29, 0.717) is 25.2 Å². The van der Waals surface area contributed by atoms with Gasteiger partial charge in [-0.25, -0.2) is 4.39 Å². The van der Waals surface area contributed by atoms with Crippen molar-refractivity contribution in [1.82, 2.24) is 9.47 Å². The summed E-state index contributed by atoms with van der Waals surface area (Å²) in [6.45, 7) is 1.78. The van der Waals surface area contributed by atoms with Gasteiger partial charge in [0.1, 0.15) is 5.82 Å². The zero-order chi connectivity index (χ0) is 22.4. The Hall–Kier alpha value is -3.41. The Morgan fingerprint density at radius 1 is 0.938 bits per heavy atom. The second-order valence-electron chi connectivity index (χ2n) is 9.04. The number of rotatable bonds is 3. The average Bonchev–Trinajstić information content (AvgIpc) is 2.80. The molecular weight excluding hydrogens is 405 g/mol. The fourth-order valence-electron chi connectivity index (χ4n) is 5.14. The van der Waals surface area contributed by atoms with Crippen LogP contribution in [0.5, 0.6) is 0 Å². The Morgan fingerprint density at radius 2 is 1.66 bits per heavy atom. The SMILES string of the molecule is CN(C)c1ccc(-c2ccc(=O)n3c2[C@@H]2C[C@@H](CN(C(=O)c4ccc(F)cc4)C2)C3)cc1. The molecule has 32 heavy (non-hydrogen) atoms. The van der Waals surface area contributed by atoms with E-state index < -0.39 is 0 Å². The number of carbonyl (C=O) groups is 1. The zero-order valence-electron chi connectivity index (χ0n) is 18.3. The molecule has 0 N–H and O–H groups in total. The summed E-state index contributed by atoms with van der Waals surface area (Å²) in [5, 5.41) is 0. The topological polar surface area (TPSA) is 45.6 Å². The molecule has 5 rings (SSSR count). The van der Waals surface area contributed by atoms with Crippen LogP contribution in [0.3, 0.4) is 0 Å². The number of likely N-dealkylation sites (tertiary alicyclic amines) is 1. The standard InChI is InChI=1S/C26H26FN3O2/c1-28(2)22-9-5-18(6-10-22)23-11-12-24(31)30-15-17-13-20(25(23)30)16-29(14-17)26(32)19-3-7-21(27)8-4-19/h3-12,17,20H,13-16H2,1-2H3/t17-,20+/m0/s1. The highest BCUT2D eigenvalue weighted by Gasteiger charge is 2.38. The quantitative estimate of drug-likeness (QED) is 0.630. The van der Waals surface area contributed by atoms with Crippen molar-refractivity contribution in [2.24, 2.45) is 5.92 Å². The summed E-state index contributed by atoms with van der Waals surface area (Å²) >= 11 is 0. The van der Waals surface area contributed by atoms with E-state index in [-0.39, 0.29) is 29.1 Å². The first-order valence-corrected chi connectivity index (χ1v) is 11.0. The van der Waals surface area contributed by atoms with Crippen LogP contribution in [0.2, 0.25) is 0 Å². The number of benzene rings is 2. The van der Waals surface area contributed by atoms with Crippen LogP contribution in [-0.4, -0.2) is 42.6 Å². The van der Waals surface area contributed by atoms with Crippen LogP contribution >= 0.6 is 0 Å². The van der Waals surface area contributed by atoms with Crippen LogP contribution in [0, 0.1) is 11.7 Å². The van der Waals surface area contributed by atoms with Crippen molar-refractivity contribution in [3.05, 3.63) is 88.1 Å². The Kier molecular flexibility index (Phi) is 5.08. The highest BCUT2D eigenvalue weighted by atomic mass is 19.1. The van der Waals surface area contributed by atoms with Crippen LogP contribution in [-0.2, 0) is 6.54 Å². The number of anilines is 1. The second kappa shape index (κ2) is 7.93. The first kappa shape index (κ1) is 20.5. The van der Waals surface area contributed by atoms with E-state index in [4.69, 9.17) is 0 Å². The van der Waals surface area contributed by atoms with E-state index in [2.05, 4.69) is 29.2 Å². The van der Waals surface area contributed by atoms with Gasteiger partial charge in [0.25, 0.3) is 11.5 Å². The summed E-state index contributed by atoms with van der Waals surface area (Å²) in [6.07, 6.45) is 0.958. The molecule has 2 atom stereocenters. The molecule has 3 heterocycles. The Morgan fingerprint density at radius 3 is 2.34 bits per heavy atom. The van der Waals surface area contributed by atoms with E-state index in [0.717, 1.165) is 28.9 Å². The van der Waals surface area contributed by atoms with E-state index in [1.54, 1.807) is 6.07 Å². The molecule has 0 saturated carbocycles. The molecule has 0 unspecified atom stereocenters. The number of aromatic nitrogens is 1. The van der Waals surface area contributed by atoms with Gasteiger partial charge < -0.3 is 14.4 Å². The largest absolute Gasteiger partial charge is 0.378 e. The van der Waals surface area contributed by atoms with Gasteiger partial charge in [0, 0.05) is 68.2 Å². The molecule has 0 spiro atoms. The molecule has 3 aromatic rings. The van der Waals surface area contributed by atoms with E-state index in [1.165, 1.54) is 24.3 Å². The lowest BCUT2D eigenvalue weighted by atomic mass is 9.80. The third-order valence-corrected chi connectivity index (χ3v) is 6.66. The molecular formula is C26H26FN3O2. The van der Waals surface area contributed by atoms with Gasteiger partial charge >= 0.3 is 0 Å². The summed E-state index contributed by atoms with van der Waals surface area (Å²) in [6, 6.07) is 17.6. The fraction of sp³-hybridized carbons (Fsp3) is 0.308. The third kappa shape index (κ3) is 3.60. The van der Waals surface area contributed by atoms with E-state index in [9.17, 15) is 14.0 Å². The highest BCUT2D eigenvalue weighted by molar-refractivity contribution is 5.94. The molecule has 1 saturated heterocycles. The monoisotopic (exact) mass is 431 g/mol. The fourth-order valence-corrected chi connectivity index (χ4v) is 5.14. The van der Waals surface area contributed by atoms with Crippen LogP contribution in [0.4, 0.5) is 10.1 Å². The maximum Gasteiger partial charge on any atom is 0.253 e. The van der Waals surface area contributed by atoms with Crippen molar-refractivity contribution in [2.75, 3.05) is 32.1 Å². The predicted molar refractivity (Wildman–Crippen MR) is 124 cm³/mol. The number of pyridine rings is 1. The average molecular weight is 432 g/mol. The Labute approximate surface area is 186 Å². The number of piperidine rings is 1. The molecule has 1 aromatic heterocycles. The summed E-state index contributed by atoms with van der Waals surface area (Å²) < 4.78 is 15.2. The molecule has 5 nitrogen and oxygen atoms in total. The van der Waals surface area contributed by atoms with Crippen molar-refractivity contribution in [2.45, 2.75) is 18.9 Å². The van der Waals surface area contributed by atoms with Crippen molar-refractivity contribution < 1.29 is 9.18 Å². The number of hydrogen-bond acceptors (Lipinski definition) is 3. The molecule has 2 aliphatic heterocycles. The lowest BCUT2D eigenvalue weighted by Crippen LogP contribution is -2.49. The zero-order valence-corrected chi connectivity index (χ0v) is 18.3. The smallest absolute Gasteiger partial charge is 0.253 e. The Balaban J connectivity index is 1.51. The summed E-state index contributed by atoms with van der Waals surface area (Å²) in [5.74, 6) is -0.113. The molecule has 1 fully saturated rings. The molecule has 2 aromatic carbocycles. The predicted octanol–water partition coefficient (Wildman–Crippen LogP) is 3.98. The normalized spacial score (nSPS) is 19.4. The van der Waals surface area contributed by atoms with Crippen LogP contribution in [0.1, 0.15) is 28.4 Å². The van der Waals surface area contributed by atoms with Gasteiger partial charge in [-0.1, -0.05) is 12.1 Å². The van der Waals surface area contributed by atoms with Gasteiger partial charge in [-0.05, 0) is 60.4 Å². The van der Waals surface area contributed by atoms with Crippen molar-refractivity contribution in [3.8, 4) is 11.1 Å². The molecule has 2 bridgehead atoms. The molecule has 1 amide bonds. The van der Waals surface area contributed by atoms with Gasteiger partial charge in [-0.2, -0.15) is 0 Å². The van der Waals surface area contributed by atoms with E-state index >= 15 is 0 Å². The van der Waals surface area contributed by atoms with Crippen LogP contribution < -0.4 is 10.5 Å². The third-order valence-electron chi connectivity index (χ3n) is 6.66. The number of halogens is 1. The minimum atomic E-state index is -0.352. The lowest BCUT2D eigenvalue weighted by molar-refractivity contribution is 0.0595.